The average molecular weight is 350 g/mol. The summed E-state index contributed by atoms with van der Waals surface area (Å²) in [6, 6.07) is 4.31. The molecule has 26 heavy (non-hydrogen) atoms. The van der Waals surface area contributed by atoms with Crippen molar-refractivity contribution in [2.75, 3.05) is 0 Å². The van der Waals surface area contributed by atoms with E-state index in [1.165, 1.54) is 37.7 Å². The van der Waals surface area contributed by atoms with Crippen LogP contribution in [0.5, 0.6) is 0 Å². The van der Waals surface area contributed by atoms with E-state index in [4.69, 9.17) is 0 Å². The highest BCUT2D eigenvalue weighted by Gasteiger charge is 2.56. The second kappa shape index (κ2) is 5.79. The fourth-order valence-corrected chi connectivity index (χ4v) is 7.18. The van der Waals surface area contributed by atoms with Crippen molar-refractivity contribution in [3.05, 3.63) is 47.8 Å². The molecule has 2 heteroatoms. The first kappa shape index (κ1) is 16.7. The van der Waals surface area contributed by atoms with Gasteiger partial charge in [0.25, 0.3) is 0 Å². The first-order valence-electron chi connectivity index (χ1n) is 10.5. The monoisotopic (exact) mass is 349 g/mol. The lowest BCUT2D eigenvalue weighted by molar-refractivity contribution is -0.0238. The molecule has 1 N–H and O–H groups in total. The first-order valence-corrected chi connectivity index (χ1v) is 10.5. The van der Waals surface area contributed by atoms with Gasteiger partial charge in [0.1, 0.15) is 0 Å². The second-order valence-corrected chi connectivity index (χ2v) is 9.71. The maximum atomic E-state index is 10.2. The van der Waals surface area contributed by atoms with E-state index in [0.717, 1.165) is 30.6 Å². The van der Waals surface area contributed by atoms with E-state index in [9.17, 15) is 5.11 Å². The molecule has 6 atom stereocenters. The van der Waals surface area contributed by atoms with Crippen LogP contribution in [0.4, 0.5) is 0 Å². The van der Waals surface area contributed by atoms with Crippen molar-refractivity contribution in [2.45, 2.75) is 64.9 Å². The normalized spacial score (nSPS) is 44.4. The molecular formula is C24H31NO. The number of nitrogens with zero attached hydrogens (tertiary/aromatic N) is 1. The van der Waals surface area contributed by atoms with Crippen LogP contribution in [0.15, 0.2) is 42.3 Å². The minimum absolute atomic E-state index is 0.106. The Hall–Kier alpha value is -1.41. The lowest BCUT2D eigenvalue weighted by Crippen LogP contribution is -2.49. The van der Waals surface area contributed by atoms with Gasteiger partial charge in [-0.25, -0.2) is 0 Å². The van der Waals surface area contributed by atoms with Crippen LogP contribution in [-0.2, 0) is 0 Å². The van der Waals surface area contributed by atoms with Crippen LogP contribution in [0, 0.1) is 28.6 Å². The number of fused-ring (bicyclic) bond motifs is 5. The van der Waals surface area contributed by atoms with Gasteiger partial charge < -0.3 is 5.11 Å². The van der Waals surface area contributed by atoms with Gasteiger partial charge in [0, 0.05) is 12.4 Å². The molecule has 0 aromatic carbocycles. The Morgan fingerprint density at radius 2 is 1.88 bits per heavy atom. The number of allylic oxidation sites excluding steroid dienone is 3. The van der Waals surface area contributed by atoms with Crippen LogP contribution in [-0.4, -0.2) is 16.2 Å². The molecule has 4 aliphatic rings. The minimum Gasteiger partial charge on any atom is -0.393 e. The first-order chi connectivity index (χ1) is 12.5. The maximum absolute atomic E-state index is 10.2. The quantitative estimate of drug-likeness (QED) is 0.689. The zero-order chi connectivity index (χ0) is 17.9. The molecule has 138 valence electrons. The lowest BCUT2D eigenvalue weighted by Gasteiger charge is -2.57. The van der Waals surface area contributed by atoms with Gasteiger partial charge in [-0.2, -0.15) is 0 Å². The minimum atomic E-state index is -0.106. The molecule has 2 fully saturated rings. The molecule has 0 spiro atoms. The number of rotatable bonds is 1. The Kier molecular flexibility index (Phi) is 3.73. The van der Waals surface area contributed by atoms with Crippen molar-refractivity contribution >= 4 is 5.57 Å². The second-order valence-electron chi connectivity index (χ2n) is 9.71. The molecule has 0 bridgehead atoms. The van der Waals surface area contributed by atoms with Crippen molar-refractivity contribution < 1.29 is 5.11 Å². The Morgan fingerprint density at radius 1 is 1.04 bits per heavy atom. The van der Waals surface area contributed by atoms with E-state index < -0.39 is 0 Å². The van der Waals surface area contributed by atoms with Gasteiger partial charge >= 0.3 is 0 Å². The number of aliphatic hydroxyl groups excluding tert-OH is 1. The summed E-state index contributed by atoms with van der Waals surface area (Å²) in [4.78, 5) is 4.38. The molecule has 1 heterocycles. The summed E-state index contributed by atoms with van der Waals surface area (Å²) in [5.74, 6) is 2.36. The number of pyridine rings is 1. The molecule has 2 unspecified atom stereocenters. The van der Waals surface area contributed by atoms with E-state index in [1.54, 1.807) is 11.1 Å². The van der Waals surface area contributed by atoms with Gasteiger partial charge in [0.2, 0.25) is 0 Å². The standard InChI is InChI=1S/C24H31NO/c1-23-11-9-18(26)14-17(23)5-6-19-21-8-7-20(16-4-3-13-25-15-16)24(21,2)12-10-22(19)23/h3-5,7,13,15,18-19,21-22,26H,6,8-12,14H2,1-2H3/t18-,19?,21?,22-,23-,24+/m0/s1. The van der Waals surface area contributed by atoms with Crippen LogP contribution in [0.25, 0.3) is 5.57 Å². The van der Waals surface area contributed by atoms with Crippen LogP contribution < -0.4 is 0 Å². The Balaban J connectivity index is 1.48. The van der Waals surface area contributed by atoms with Gasteiger partial charge in [0.15, 0.2) is 0 Å². The molecule has 1 aromatic heterocycles. The van der Waals surface area contributed by atoms with Gasteiger partial charge in [-0.1, -0.05) is 37.6 Å². The van der Waals surface area contributed by atoms with Crippen molar-refractivity contribution in [2.24, 2.45) is 28.6 Å². The van der Waals surface area contributed by atoms with Gasteiger partial charge in [-0.05, 0) is 90.7 Å². The summed E-state index contributed by atoms with van der Waals surface area (Å²) < 4.78 is 0. The third-order valence-electron chi connectivity index (χ3n) is 8.63. The number of hydrogen-bond acceptors (Lipinski definition) is 2. The molecule has 1 aromatic rings. The summed E-state index contributed by atoms with van der Waals surface area (Å²) in [5, 5.41) is 10.2. The summed E-state index contributed by atoms with van der Waals surface area (Å²) in [5.41, 5.74) is 5.09. The molecular weight excluding hydrogens is 318 g/mol. The summed E-state index contributed by atoms with van der Waals surface area (Å²) in [7, 11) is 0. The molecule has 0 amide bonds. The maximum Gasteiger partial charge on any atom is 0.0577 e. The lowest BCUT2D eigenvalue weighted by atomic mass is 9.47. The van der Waals surface area contributed by atoms with E-state index in [1.807, 2.05) is 12.4 Å². The fourth-order valence-electron chi connectivity index (χ4n) is 7.18. The highest BCUT2D eigenvalue weighted by atomic mass is 16.3. The third-order valence-corrected chi connectivity index (χ3v) is 8.63. The number of aromatic nitrogens is 1. The topological polar surface area (TPSA) is 33.1 Å². The van der Waals surface area contributed by atoms with E-state index in [2.05, 4.69) is 43.1 Å². The Labute approximate surface area is 157 Å². The van der Waals surface area contributed by atoms with Crippen LogP contribution in [0.1, 0.15) is 64.4 Å². The fraction of sp³-hybridized carbons (Fsp3) is 0.625. The molecule has 2 nitrogen and oxygen atoms in total. The van der Waals surface area contributed by atoms with Crippen molar-refractivity contribution in [3.63, 3.8) is 0 Å². The highest BCUT2D eigenvalue weighted by molar-refractivity contribution is 5.72. The van der Waals surface area contributed by atoms with Gasteiger partial charge in [-0.15, -0.1) is 0 Å². The van der Waals surface area contributed by atoms with Crippen molar-refractivity contribution in [3.8, 4) is 0 Å². The average Bonchev–Trinajstić information content (AvgIpc) is 3.00. The van der Waals surface area contributed by atoms with Gasteiger partial charge in [-0.3, -0.25) is 4.98 Å². The van der Waals surface area contributed by atoms with Crippen molar-refractivity contribution in [1.29, 1.82) is 0 Å². The predicted octanol–water partition coefficient (Wildman–Crippen LogP) is 5.40. The summed E-state index contributed by atoms with van der Waals surface area (Å²) >= 11 is 0. The molecule has 2 saturated carbocycles. The van der Waals surface area contributed by atoms with E-state index >= 15 is 0 Å². The smallest absolute Gasteiger partial charge is 0.0577 e. The molecule has 0 aliphatic heterocycles. The molecule has 0 radical (unpaired) electrons. The largest absolute Gasteiger partial charge is 0.393 e. The third kappa shape index (κ3) is 2.24. The predicted molar refractivity (Wildman–Crippen MR) is 105 cm³/mol. The Morgan fingerprint density at radius 3 is 2.69 bits per heavy atom. The van der Waals surface area contributed by atoms with Crippen LogP contribution in [0.2, 0.25) is 0 Å². The highest BCUT2D eigenvalue weighted by Crippen LogP contribution is 2.66. The summed E-state index contributed by atoms with van der Waals surface area (Å²) in [6.07, 6.45) is 17.0. The number of hydrogen-bond donors (Lipinski definition) is 1. The zero-order valence-electron chi connectivity index (χ0n) is 16.1. The molecule has 5 rings (SSSR count). The molecule has 0 saturated heterocycles. The number of aliphatic hydroxyl groups is 1. The Bertz CT molecular complexity index is 766. The van der Waals surface area contributed by atoms with Gasteiger partial charge in [0.05, 0.1) is 6.10 Å². The van der Waals surface area contributed by atoms with E-state index in [0.29, 0.717) is 10.8 Å². The SMILES string of the molecule is C[C@]12CC[C@H](O)CC1=CCC1C3CC=C(c4cccnc4)[C@@]3(C)CC[C@@H]12. The van der Waals surface area contributed by atoms with E-state index in [-0.39, 0.29) is 6.10 Å². The van der Waals surface area contributed by atoms with Crippen molar-refractivity contribution in [1.82, 2.24) is 4.98 Å². The summed E-state index contributed by atoms with van der Waals surface area (Å²) in [6.45, 7) is 5.03. The molecule has 4 aliphatic carbocycles. The van der Waals surface area contributed by atoms with Crippen LogP contribution in [0.3, 0.4) is 0 Å². The zero-order valence-corrected chi connectivity index (χ0v) is 16.1. The van der Waals surface area contributed by atoms with Crippen LogP contribution >= 0.6 is 0 Å².